The lowest BCUT2D eigenvalue weighted by molar-refractivity contribution is -0.136. The Morgan fingerprint density at radius 1 is 1.31 bits per heavy atom. The first kappa shape index (κ1) is 12.5. The molecule has 90 valence electrons. The van der Waals surface area contributed by atoms with Crippen molar-refractivity contribution in [1.29, 1.82) is 0 Å². The zero-order valence-electron chi connectivity index (χ0n) is 9.77. The Morgan fingerprint density at radius 3 is 2.44 bits per heavy atom. The zero-order chi connectivity index (χ0) is 12.1. The highest BCUT2D eigenvalue weighted by atomic mass is 16.4. The Kier molecular flexibility index (Phi) is 4.34. The predicted molar refractivity (Wildman–Crippen MR) is 60.6 cm³/mol. The van der Waals surface area contributed by atoms with Crippen molar-refractivity contribution in [2.45, 2.75) is 46.2 Å². The van der Waals surface area contributed by atoms with E-state index in [0.29, 0.717) is 18.8 Å². The first-order valence-corrected chi connectivity index (χ1v) is 5.60. The monoisotopic (exact) mass is 226 g/mol. The van der Waals surface area contributed by atoms with Crippen LogP contribution in [0.15, 0.2) is 11.0 Å². The second-order valence-corrected chi connectivity index (χ2v) is 3.82. The molecule has 5 nitrogen and oxygen atoms in total. The molecule has 0 spiro atoms. The maximum absolute atomic E-state index is 11.9. The van der Waals surface area contributed by atoms with Crippen LogP contribution in [0.2, 0.25) is 0 Å². The van der Waals surface area contributed by atoms with Crippen LogP contribution in [0, 0.1) is 0 Å². The van der Waals surface area contributed by atoms with Gasteiger partial charge in [-0.25, -0.2) is 4.79 Å². The summed E-state index contributed by atoms with van der Waals surface area (Å²) in [4.78, 5) is 22.6. The highest BCUT2D eigenvalue weighted by molar-refractivity contribution is 5.69. The van der Waals surface area contributed by atoms with Gasteiger partial charge in [-0.05, 0) is 12.8 Å². The van der Waals surface area contributed by atoms with Crippen LogP contribution < -0.4 is 5.69 Å². The van der Waals surface area contributed by atoms with E-state index in [-0.39, 0.29) is 12.1 Å². The average Bonchev–Trinajstić information content (AvgIpc) is 2.47. The van der Waals surface area contributed by atoms with Gasteiger partial charge < -0.3 is 5.11 Å². The van der Waals surface area contributed by atoms with Crippen molar-refractivity contribution in [3.63, 3.8) is 0 Å². The SMILES string of the molecule is CCCn1cc(CC(=O)O)n(CCC)c1=O. The molecule has 0 saturated heterocycles. The summed E-state index contributed by atoms with van der Waals surface area (Å²) in [6.07, 6.45) is 3.26. The molecule has 0 unspecified atom stereocenters. The normalized spacial score (nSPS) is 10.6. The van der Waals surface area contributed by atoms with Crippen molar-refractivity contribution < 1.29 is 9.90 Å². The van der Waals surface area contributed by atoms with Gasteiger partial charge in [0.15, 0.2) is 0 Å². The molecule has 1 aromatic rings. The molecule has 0 aromatic carbocycles. The van der Waals surface area contributed by atoms with Crippen molar-refractivity contribution >= 4 is 5.97 Å². The van der Waals surface area contributed by atoms with Gasteiger partial charge in [0, 0.05) is 25.0 Å². The predicted octanol–water partition coefficient (Wildman–Crippen LogP) is 1.10. The first-order valence-electron chi connectivity index (χ1n) is 5.60. The smallest absolute Gasteiger partial charge is 0.328 e. The number of aromatic nitrogens is 2. The van der Waals surface area contributed by atoms with Crippen molar-refractivity contribution in [2.24, 2.45) is 0 Å². The number of carboxylic acid groups (broad SMARTS) is 1. The van der Waals surface area contributed by atoms with Crippen LogP contribution in [0.25, 0.3) is 0 Å². The second-order valence-electron chi connectivity index (χ2n) is 3.82. The van der Waals surface area contributed by atoms with Gasteiger partial charge in [0.25, 0.3) is 0 Å². The molecular weight excluding hydrogens is 208 g/mol. The summed E-state index contributed by atoms with van der Waals surface area (Å²) in [5, 5.41) is 8.76. The molecule has 1 heterocycles. The Labute approximate surface area is 94.3 Å². The fourth-order valence-corrected chi connectivity index (χ4v) is 1.74. The number of hydrogen-bond acceptors (Lipinski definition) is 2. The molecule has 0 aliphatic heterocycles. The summed E-state index contributed by atoms with van der Waals surface area (Å²) < 4.78 is 3.15. The van der Waals surface area contributed by atoms with Crippen LogP contribution in [0.4, 0.5) is 0 Å². The number of rotatable bonds is 6. The van der Waals surface area contributed by atoms with Crippen LogP contribution in [-0.4, -0.2) is 20.2 Å². The number of hydrogen-bond donors (Lipinski definition) is 1. The molecule has 0 bridgehead atoms. The third kappa shape index (κ3) is 2.74. The van der Waals surface area contributed by atoms with Gasteiger partial charge in [0.05, 0.1) is 6.42 Å². The molecule has 0 amide bonds. The van der Waals surface area contributed by atoms with Crippen molar-refractivity contribution in [3.05, 3.63) is 22.4 Å². The fraction of sp³-hybridized carbons (Fsp3) is 0.636. The minimum Gasteiger partial charge on any atom is -0.481 e. The molecule has 5 heteroatoms. The Morgan fingerprint density at radius 2 is 1.94 bits per heavy atom. The molecule has 0 fully saturated rings. The summed E-state index contributed by atoms with van der Waals surface area (Å²) in [6.45, 7) is 5.18. The standard InChI is InChI=1S/C11H18N2O3/c1-3-5-12-8-9(7-10(14)15)13(6-4-2)11(12)16/h8H,3-7H2,1-2H3,(H,14,15). The van der Waals surface area contributed by atoms with E-state index in [0.717, 1.165) is 12.8 Å². The average molecular weight is 226 g/mol. The van der Waals surface area contributed by atoms with Gasteiger partial charge in [-0.3, -0.25) is 13.9 Å². The molecule has 1 rings (SSSR count). The number of imidazole rings is 1. The third-order valence-corrected chi connectivity index (χ3v) is 2.37. The first-order chi connectivity index (χ1) is 7.60. The maximum atomic E-state index is 11.9. The molecule has 0 saturated carbocycles. The molecule has 0 aliphatic rings. The molecule has 16 heavy (non-hydrogen) atoms. The lowest BCUT2D eigenvalue weighted by Crippen LogP contribution is -2.25. The van der Waals surface area contributed by atoms with E-state index in [1.54, 1.807) is 15.3 Å². The summed E-state index contributed by atoms with van der Waals surface area (Å²) in [5.74, 6) is -0.904. The van der Waals surface area contributed by atoms with Crippen molar-refractivity contribution in [3.8, 4) is 0 Å². The van der Waals surface area contributed by atoms with E-state index in [9.17, 15) is 9.59 Å². The quantitative estimate of drug-likeness (QED) is 0.790. The van der Waals surface area contributed by atoms with E-state index in [2.05, 4.69) is 0 Å². The highest BCUT2D eigenvalue weighted by Gasteiger charge is 2.12. The second kappa shape index (κ2) is 5.53. The number of carbonyl (C=O) groups is 1. The highest BCUT2D eigenvalue weighted by Crippen LogP contribution is 2.02. The summed E-state index contributed by atoms with van der Waals surface area (Å²) in [5.41, 5.74) is 0.493. The molecular formula is C11H18N2O3. The van der Waals surface area contributed by atoms with Crippen LogP contribution >= 0.6 is 0 Å². The van der Waals surface area contributed by atoms with E-state index in [1.165, 1.54) is 0 Å². The Balaban J connectivity index is 3.09. The largest absolute Gasteiger partial charge is 0.481 e. The van der Waals surface area contributed by atoms with Gasteiger partial charge in [-0.2, -0.15) is 0 Å². The minimum atomic E-state index is -0.904. The lowest BCUT2D eigenvalue weighted by Gasteiger charge is -2.02. The fourth-order valence-electron chi connectivity index (χ4n) is 1.74. The number of aryl methyl sites for hydroxylation is 1. The Hall–Kier alpha value is -1.52. The number of carboxylic acids is 1. The summed E-state index contributed by atoms with van der Waals surface area (Å²) in [6, 6.07) is 0. The molecule has 0 atom stereocenters. The van der Waals surface area contributed by atoms with E-state index in [4.69, 9.17) is 5.11 Å². The molecule has 1 N–H and O–H groups in total. The van der Waals surface area contributed by atoms with Crippen molar-refractivity contribution in [2.75, 3.05) is 0 Å². The third-order valence-electron chi connectivity index (χ3n) is 2.37. The van der Waals surface area contributed by atoms with Gasteiger partial charge in [-0.1, -0.05) is 13.8 Å². The summed E-state index contributed by atoms with van der Waals surface area (Å²) >= 11 is 0. The molecule has 0 aliphatic carbocycles. The van der Waals surface area contributed by atoms with Gasteiger partial charge in [-0.15, -0.1) is 0 Å². The molecule has 0 radical (unpaired) electrons. The van der Waals surface area contributed by atoms with Crippen LogP contribution in [0.3, 0.4) is 0 Å². The van der Waals surface area contributed by atoms with Crippen molar-refractivity contribution in [1.82, 2.24) is 9.13 Å². The van der Waals surface area contributed by atoms with Gasteiger partial charge in [0.1, 0.15) is 0 Å². The van der Waals surface area contributed by atoms with Gasteiger partial charge >= 0.3 is 11.7 Å². The number of aliphatic carboxylic acids is 1. The van der Waals surface area contributed by atoms with Crippen LogP contribution in [0.5, 0.6) is 0 Å². The summed E-state index contributed by atoms with van der Waals surface area (Å²) in [7, 11) is 0. The van der Waals surface area contributed by atoms with E-state index < -0.39 is 5.97 Å². The minimum absolute atomic E-state index is 0.0913. The zero-order valence-corrected chi connectivity index (χ0v) is 9.77. The molecule has 1 aromatic heterocycles. The Bertz CT molecular complexity index is 417. The number of nitrogens with zero attached hydrogens (tertiary/aromatic N) is 2. The van der Waals surface area contributed by atoms with Crippen LogP contribution in [-0.2, 0) is 24.3 Å². The topological polar surface area (TPSA) is 64.2 Å². The van der Waals surface area contributed by atoms with Crippen LogP contribution in [0.1, 0.15) is 32.4 Å². The van der Waals surface area contributed by atoms with E-state index in [1.807, 2.05) is 13.8 Å². The lowest BCUT2D eigenvalue weighted by atomic mass is 10.3. The van der Waals surface area contributed by atoms with E-state index >= 15 is 0 Å². The van der Waals surface area contributed by atoms with Gasteiger partial charge in [0.2, 0.25) is 0 Å². The maximum Gasteiger partial charge on any atom is 0.328 e.